The molecule has 0 aliphatic heterocycles. The van der Waals surface area contributed by atoms with Gasteiger partial charge in [-0.05, 0) is 24.3 Å². The summed E-state index contributed by atoms with van der Waals surface area (Å²) in [5.74, 6) is 0.155. The van der Waals surface area contributed by atoms with Gasteiger partial charge in [-0.1, -0.05) is 22.0 Å². The molecule has 0 unspecified atom stereocenters. The topological polar surface area (TPSA) is 37.3 Å². The summed E-state index contributed by atoms with van der Waals surface area (Å²) in [5.41, 5.74) is 0.630. The fourth-order valence-electron chi connectivity index (χ4n) is 0.801. The number of phenolic OH excluding ortho intramolecular Hbond substituents is 1. The van der Waals surface area contributed by atoms with Gasteiger partial charge in [0.25, 0.3) is 0 Å². The summed E-state index contributed by atoms with van der Waals surface area (Å²) in [5, 5.41) is 9.32. The molecular weight excluding hydrogens is 220 g/mol. The second kappa shape index (κ2) is 4.07. The Bertz CT molecular complexity index is 318. The lowest BCUT2D eigenvalue weighted by Gasteiger charge is -1.97. The van der Waals surface area contributed by atoms with Crippen LogP contribution in [0.5, 0.6) is 5.75 Å². The van der Waals surface area contributed by atoms with E-state index in [4.69, 9.17) is 0 Å². The standard InChI is InChI=1S/C9H7BrO2/c10-8-4-3-7(2-1-5-11)9(12)6-8/h1-6,12H/b2-1+. The summed E-state index contributed by atoms with van der Waals surface area (Å²) >= 11 is 3.21. The molecule has 3 heteroatoms. The summed E-state index contributed by atoms with van der Waals surface area (Å²) in [6, 6.07) is 5.09. The van der Waals surface area contributed by atoms with E-state index in [0.29, 0.717) is 11.8 Å². The molecule has 1 aromatic rings. The third kappa shape index (κ3) is 2.20. The maximum absolute atomic E-state index is 9.98. The molecule has 0 aromatic heterocycles. The molecule has 0 saturated carbocycles. The second-order valence-corrected chi connectivity index (χ2v) is 3.11. The number of hydrogen-bond donors (Lipinski definition) is 1. The maximum Gasteiger partial charge on any atom is 0.142 e. The van der Waals surface area contributed by atoms with E-state index in [-0.39, 0.29) is 5.75 Å². The summed E-state index contributed by atoms with van der Waals surface area (Å²) in [7, 11) is 0. The molecule has 62 valence electrons. The Morgan fingerprint density at radius 2 is 2.17 bits per heavy atom. The number of phenols is 1. The van der Waals surface area contributed by atoms with E-state index in [1.54, 1.807) is 24.3 Å². The van der Waals surface area contributed by atoms with Crippen LogP contribution >= 0.6 is 15.9 Å². The summed E-state index contributed by atoms with van der Waals surface area (Å²) in [6.07, 6.45) is 3.55. The van der Waals surface area contributed by atoms with Crippen molar-refractivity contribution in [2.45, 2.75) is 0 Å². The third-order valence-electron chi connectivity index (χ3n) is 1.35. The van der Waals surface area contributed by atoms with Crippen LogP contribution in [0.2, 0.25) is 0 Å². The Labute approximate surface area is 78.7 Å². The van der Waals surface area contributed by atoms with Gasteiger partial charge in [-0.3, -0.25) is 4.79 Å². The van der Waals surface area contributed by atoms with Crippen molar-refractivity contribution in [1.29, 1.82) is 0 Å². The van der Waals surface area contributed by atoms with E-state index in [1.165, 1.54) is 6.08 Å². The molecule has 1 N–H and O–H groups in total. The highest BCUT2D eigenvalue weighted by Crippen LogP contribution is 2.22. The molecule has 1 aromatic carbocycles. The van der Waals surface area contributed by atoms with Crippen LogP contribution in [0.25, 0.3) is 6.08 Å². The van der Waals surface area contributed by atoms with E-state index in [1.807, 2.05) is 0 Å². The van der Waals surface area contributed by atoms with Crippen molar-refractivity contribution in [2.75, 3.05) is 0 Å². The van der Waals surface area contributed by atoms with Gasteiger partial charge in [-0.15, -0.1) is 0 Å². The van der Waals surface area contributed by atoms with E-state index in [0.717, 1.165) is 4.47 Å². The average molecular weight is 227 g/mol. The number of hydrogen-bond acceptors (Lipinski definition) is 2. The van der Waals surface area contributed by atoms with Gasteiger partial charge in [-0.2, -0.15) is 0 Å². The van der Waals surface area contributed by atoms with Gasteiger partial charge in [0.15, 0.2) is 0 Å². The van der Waals surface area contributed by atoms with Crippen LogP contribution in [0.3, 0.4) is 0 Å². The number of rotatable bonds is 2. The second-order valence-electron chi connectivity index (χ2n) is 2.20. The van der Waals surface area contributed by atoms with Gasteiger partial charge in [0.1, 0.15) is 12.0 Å². The Balaban J connectivity index is 3.01. The highest BCUT2D eigenvalue weighted by molar-refractivity contribution is 9.10. The van der Waals surface area contributed by atoms with Gasteiger partial charge in [-0.25, -0.2) is 0 Å². The number of carbonyl (C=O) groups is 1. The zero-order valence-electron chi connectivity index (χ0n) is 6.20. The van der Waals surface area contributed by atoms with Crippen LogP contribution in [-0.2, 0) is 4.79 Å². The number of halogens is 1. The Kier molecular flexibility index (Phi) is 3.05. The monoisotopic (exact) mass is 226 g/mol. The number of aromatic hydroxyl groups is 1. The van der Waals surface area contributed by atoms with Gasteiger partial charge < -0.3 is 5.11 Å². The molecule has 0 saturated heterocycles. The molecule has 0 atom stereocenters. The normalized spacial score (nSPS) is 10.4. The fraction of sp³-hybridized carbons (Fsp3) is 0. The van der Waals surface area contributed by atoms with Gasteiger partial charge in [0.05, 0.1) is 0 Å². The first-order valence-corrected chi connectivity index (χ1v) is 4.13. The van der Waals surface area contributed by atoms with E-state index < -0.39 is 0 Å². The van der Waals surface area contributed by atoms with Crippen molar-refractivity contribution in [2.24, 2.45) is 0 Å². The molecule has 1 rings (SSSR count). The van der Waals surface area contributed by atoms with Crippen molar-refractivity contribution in [1.82, 2.24) is 0 Å². The molecule has 0 amide bonds. The van der Waals surface area contributed by atoms with Crippen molar-refractivity contribution in [3.05, 3.63) is 34.3 Å². The number of benzene rings is 1. The lowest BCUT2D eigenvalue weighted by Crippen LogP contribution is -1.74. The van der Waals surface area contributed by atoms with E-state index in [9.17, 15) is 9.90 Å². The van der Waals surface area contributed by atoms with E-state index in [2.05, 4.69) is 15.9 Å². The summed E-state index contributed by atoms with van der Waals surface area (Å²) in [4.78, 5) is 9.98. The zero-order chi connectivity index (χ0) is 8.97. The molecule has 2 nitrogen and oxygen atoms in total. The summed E-state index contributed by atoms with van der Waals surface area (Å²) in [6.45, 7) is 0. The molecule has 12 heavy (non-hydrogen) atoms. The average Bonchev–Trinajstić information content (AvgIpc) is 2.03. The molecule has 0 fully saturated rings. The number of carbonyl (C=O) groups excluding carboxylic acids is 1. The molecule has 0 radical (unpaired) electrons. The number of allylic oxidation sites excluding steroid dienone is 1. The quantitative estimate of drug-likeness (QED) is 0.622. The predicted molar refractivity (Wildman–Crippen MR) is 50.9 cm³/mol. The van der Waals surface area contributed by atoms with Gasteiger partial charge in [0.2, 0.25) is 0 Å². The van der Waals surface area contributed by atoms with E-state index >= 15 is 0 Å². The lowest BCUT2D eigenvalue weighted by molar-refractivity contribution is -0.104. The Hall–Kier alpha value is -1.09. The lowest BCUT2D eigenvalue weighted by atomic mass is 10.2. The minimum absolute atomic E-state index is 0.155. The van der Waals surface area contributed by atoms with Crippen LogP contribution in [0, 0.1) is 0 Å². The van der Waals surface area contributed by atoms with Crippen molar-refractivity contribution >= 4 is 28.3 Å². The molecule has 0 bridgehead atoms. The van der Waals surface area contributed by atoms with Crippen LogP contribution in [0.15, 0.2) is 28.7 Å². The largest absolute Gasteiger partial charge is 0.507 e. The zero-order valence-corrected chi connectivity index (χ0v) is 7.78. The first kappa shape index (κ1) is 9.00. The van der Waals surface area contributed by atoms with Crippen molar-refractivity contribution in [3.8, 4) is 5.75 Å². The van der Waals surface area contributed by atoms with Gasteiger partial charge >= 0.3 is 0 Å². The van der Waals surface area contributed by atoms with Crippen LogP contribution in [0.4, 0.5) is 0 Å². The maximum atomic E-state index is 9.98. The Morgan fingerprint density at radius 3 is 2.75 bits per heavy atom. The van der Waals surface area contributed by atoms with Crippen LogP contribution in [0.1, 0.15) is 5.56 Å². The predicted octanol–water partition coefficient (Wildman–Crippen LogP) is 2.37. The summed E-state index contributed by atoms with van der Waals surface area (Å²) < 4.78 is 0.809. The first-order valence-electron chi connectivity index (χ1n) is 3.34. The molecule has 0 heterocycles. The Morgan fingerprint density at radius 1 is 1.42 bits per heavy atom. The van der Waals surface area contributed by atoms with Crippen LogP contribution in [-0.4, -0.2) is 11.4 Å². The van der Waals surface area contributed by atoms with Crippen molar-refractivity contribution in [3.63, 3.8) is 0 Å². The highest BCUT2D eigenvalue weighted by Gasteiger charge is 1.96. The molecule has 0 aliphatic rings. The minimum atomic E-state index is 0.155. The number of aldehydes is 1. The minimum Gasteiger partial charge on any atom is -0.507 e. The molecular formula is C9H7BrO2. The first-order chi connectivity index (χ1) is 5.74. The smallest absolute Gasteiger partial charge is 0.142 e. The SMILES string of the molecule is O=C/C=C/c1ccc(Br)cc1O. The van der Waals surface area contributed by atoms with Crippen LogP contribution < -0.4 is 0 Å². The highest BCUT2D eigenvalue weighted by atomic mass is 79.9. The van der Waals surface area contributed by atoms with Crippen molar-refractivity contribution < 1.29 is 9.90 Å². The third-order valence-corrected chi connectivity index (χ3v) is 1.84. The molecule has 0 spiro atoms. The molecule has 0 aliphatic carbocycles. The fourth-order valence-corrected chi connectivity index (χ4v) is 1.15. The van der Waals surface area contributed by atoms with Gasteiger partial charge in [0, 0.05) is 10.0 Å².